The number of aryl methyl sites for hydroxylation is 1. The third kappa shape index (κ3) is 6.79. The minimum Gasteiger partial charge on any atom is -0.393 e. The molecule has 0 unspecified atom stereocenters. The number of halogens is 3. The van der Waals surface area contributed by atoms with Gasteiger partial charge < -0.3 is 10.4 Å². The Bertz CT molecular complexity index is 1320. The highest BCUT2D eigenvalue weighted by atomic mass is 35.5. The number of rotatable bonds is 4. The van der Waals surface area contributed by atoms with Gasteiger partial charge in [0, 0.05) is 35.4 Å². The fraction of sp³-hybridized carbons (Fsp3) is 0.370. The van der Waals surface area contributed by atoms with Crippen molar-refractivity contribution >= 4 is 58.7 Å². The summed E-state index contributed by atoms with van der Waals surface area (Å²) in [5, 5.41) is 24.4. The summed E-state index contributed by atoms with van der Waals surface area (Å²) in [6.45, 7) is 15.7. The van der Waals surface area contributed by atoms with Gasteiger partial charge in [-0.3, -0.25) is 4.90 Å². The molecule has 1 aromatic heterocycles. The van der Waals surface area contributed by atoms with Gasteiger partial charge in [0.1, 0.15) is 5.69 Å². The van der Waals surface area contributed by atoms with Crippen LogP contribution in [0.4, 0.5) is 11.5 Å². The van der Waals surface area contributed by atoms with Crippen LogP contribution in [0.3, 0.4) is 0 Å². The van der Waals surface area contributed by atoms with Gasteiger partial charge in [-0.15, -0.1) is 35.0 Å². The third-order valence-electron chi connectivity index (χ3n) is 6.33. The molecule has 6 nitrogen and oxygen atoms in total. The number of aliphatic hydroxyl groups excluding tert-OH is 1. The van der Waals surface area contributed by atoms with Crippen LogP contribution in [0, 0.1) is 25.3 Å². The molecule has 36 heavy (non-hydrogen) atoms. The molecule has 0 atom stereocenters. The number of nitrogens with zero attached hydrogens (tertiary/aromatic N) is 4. The topological polar surface area (TPSA) is 65.6 Å². The SMILES string of the molecule is Cl.Cl.[C-]#[N+]c1ccc2c(C#CC(C)(C)N3CCC(O)CC3)nnc(NCc3ccc(C)c(Cl)c3)c2c1. The summed E-state index contributed by atoms with van der Waals surface area (Å²) >= 11 is 6.27. The molecule has 0 aliphatic carbocycles. The standard InChI is InChI=1S/C27H28ClN5O.2ClH/c1-18-5-6-19(15-24(18)28)17-30-26-23-16-20(29-4)7-8-22(23)25(31-32-26)9-12-27(2,3)33-13-10-21(34)11-14-33;;/h5-8,15-16,21,34H,10-11,13-14,17H2,1-3H3,(H,30,32);2*1H. The maximum absolute atomic E-state index is 9.82. The van der Waals surface area contributed by atoms with E-state index in [1.54, 1.807) is 6.07 Å². The molecule has 4 rings (SSSR count). The monoisotopic (exact) mass is 545 g/mol. The average Bonchev–Trinajstić information content (AvgIpc) is 2.83. The third-order valence-corrected chi connectivity index (χ3v) is 6.74. The Morgan fingerprint density at radius 1 is 1.14 bits per heavy atom. The number of fused-ring (bicyclic) bond motifs is 1. The lowest BCUT2D eigenvalue weighted by atomic mass is 9.97. The van der Waals surface area contributed by atoms with Gasteiger partial charge in [-0.2, -0.15) is 0 Å². The quantitative estimate of drug-likeness (QED) is 0.302. The largest absolute Gasteiger partial charge is 0.393 e. The van der Waals surface area contributed by atoms with Crippen molar-refractivity contribution in [3.8, 4) is 11.8 Å². The summed E-state index contributed by atoms with van der Waals surface area (Å²) in [6, 6.07) is 11.4. The number of anilines is 1. The molecular weight excluding hydrogens is 517 g/mol. The van der Waals surface area contributed by atoms with Gasteiger partial charge in [0.15, 0.2) is 11.5 Å². The number of nitrogens with one attached hydrogen (secondary N) is 1. The van der Waals surface area contributed by atoms with Gasteiger partial charge in [-0.05, 0) is 62.8 Å². The zero-order valence-corrected chi connectivity index (χ0v) is 22.9. The summed E-state index contributed by atoms with van der Waals surface area (Å²) in [6.07, 6.45) is 1.31. The molecule has 9 heteroatoms. The minimum absolute atomic E-state index is 0. The fourth-order valence-electron chi connectivity index (χ4n) is 4.08. The number of aliphatic hydroxyl groups is 1. The van der Waals surface area contributed by atoms with Gasteiger partial charge in [0.25, 0.3) is 0 Å². The van der Waals surface area contributed by atoms with E-state index in [0.29, 0.717) is 23.7 Å². The molecule has 2 aromatic carbocycles. The van der Waals surface area contributed by atoms with E-state index in [0.717, 1.165) is 52.9 Å². The van der Waals surface area contributed by atoms with Crippen LogP contribution in [-0.4, -0.2) is 44.9 Å². The minimum atomic E-state index is -0.355. The van der Waals surface area contributed by atoms with Gasteiger partial charge in [-0.25, -0.2) is 4.85 Å². The molecule has 0 amide bonds. The van der Waals surface area contributed by atoms with E-state index in [2.05, 4.69) is 50.9 Å². The first-order chi connectivity index (χ1) is 16.3. The lowest BCUT2D eigenvalue weighted by Crippen LogP contribution is -2.48. The molecule has 2 heterocycles. The molecule has 0 bridgehead atoms. The lowest BCUT2D eigenvalue weighted by Gasteiger charge is -2.38. The first-order valence-electron chi connectivity index (χ1n) is 11.4. The number of hydrogen-bond donors (Lipinski definition) is 2. The number of likely N-dealkylation sites (tertiary alicyclic amines) is 1. The van der Waals surface area contributed by atoms with Crippen molar-refractivity contribution in [3.05, 3.63) is 69.7 Å². The van der Waals surface area contributed by atoms with Gasteiger partial charge >= 0.3 is 0 Å². The van der Waals surface area contributed by atoms with Crippen LogP contribution < -0.4 is 5.32 Å². The normalized spacial score (nSPS) is 14.1. The van der Waals surface area contributed by atoms with E-state index in [4.69, 9.17) is 18.2 Å². The molecular formula is C27H30Cl3N5O. The summed E-state index contributed by atoms with van der Waals surface area (Å²) < 4.78 is 0. The highest BCUT2D eigenvalue weighted by Crippen LogP contribution is 2.29. The van der Waals surface area contributed by atoms with Crippen molar-refractivity contribution in [2.24, 2.45) is 0 Å². The summed E-state index contributed by atoms with van der Waals surface area (Å²) in [4.78, 5) is 5.87. The summed E-state index contributed by atoms with van der Waals surface area (Å²) in [7, 11) is 0. The maximum Gasteiger partial charge on any atom is 0.188 e. The Kier molecular flexibility index (Phi) is 10.4. The van der Waals surface area contributed by atoms with E-state index in [1.807, 2.05) is 37.3 Å². The Morgan fingerprint density at radius 2 is 1.86 bits per heavy atom. The lowest BCUT2D eigenvalue weighted by molar-refractivity contribution is 0.0508. The Hall–Kier alpha value is -2.58. The average molecular weight is 547 g/mol. The first kappa shape index (κ1) is 29.6. The molecule has 0 saturated carbocycles. The smallest absolute Gasteiger partial charge is 0.188 e. The van der Waals surface area contributed by atoms with Crippen LogP contribution in [0.15, 0.2) is 36.4 Å². The molecule has 0 radical (unpaired) electrons. The molecule has 1 saturated heterocycles. The second kappa shape index (κ2) is 12.6. The highest BCUT2D eigenvalue weighted by molar-refractivity contribution is 6.31. The van der Waals surface area contributed by atoms with Crippen LogP contribution in [0.25, 0.3) is 15.6 Å². The highest BCUT2D eigenvalue weighted by Gasteiger charge is 2.28. The second-order valence-corrected chi connectivity index (χ2v) is 9.61. The van der Waals surface area contributed by atoms with Crippen molar-refractivity contribution in [1.29, 1.82) is 0 Å². The zero-order chi connectivity index (χ0) is 24.3. The van der Waals surface area contributed by atoms with Gasteiger partial charge in [0.05, 0.1) is 18.2 Å². The molecule has 190 valence electrons. The van der Waals surface area contributed by atoms with Crippen LogP contribution in [-0.2, 0) is 6.54 Å². The van der Waals surface area contributed by atoms with Crippen molar-refractivity contribution < 1.29 is 5.11 Å². The predicted molar refractivity (Wildman–Crippen MR) is 152 cm³/mol. The Balaban J connectivity index is 0.00000228. The Morgan fingerprint density at radius 3 is 2.53 bits per heavy atom. The Labute approximate surface area is 230 Å². The zero-order valence-electron chi connectivity index (χ0n) is 20.5. The predicted octanol–water partition coefficient (Wildman–Crippen LogP) is 6.18. The van der Waals surface area contributed by atoms with E-state index >= 15 is 0 Å². The van der Waals surface area contributed by atoms with Crippen LogP contribution in [0.2, 0.25) is 5.02 Å². The van der Waals surface area contributed by atoms with E-state index in [1.165, 1.54) is 0 Å². The van der Waals surface area contributed by atoms with E-state index < -0.39 is 0 Å². The molecule has 3 aromatic rings. The van der Waals surface area contributed by atoms with Crippen molar-refractivity contribution in [1.82, 2.24) is 15.1 Å². The summed E-state index contributed by atoms with van der Waals surface area (Å²) in [5.74, 6) is 7.21. The molecule has 0 spiro atoms. The second-order valence-electron chi connectivity index (χ2n) is 9.20. The molecule has 1 aliphatic rings. The number of benzene rings is 2. The fourth-order valence-corrected chi connectivity index (χ4v) is 4.29. The van der Waals surface area contributed by atoms with E-state index in [-0.39, 0.29) is 36.5 Å². The van der Waals surface area contributed by atoms with Gasteiger partial charge in [-0.1, -0.05) is 41.8 Å². The van der Waals surface area contributed by atoms with Gasteiger partial charge in [0.2, 0.25) is 0 Å². The number of aromatic nitrogens is 2. The first-order valence-corrected chi connectivity index (χ1v) is 11.8. The van der Waals surface area contributed by atoms with E-state index in [9.17, 15) is 5.11 Å². The van der Waals surface area contributed by atoms with Crippen molar-refractivity contribution in [2.45, 2.75) is 51.8 Å². The maximum atomic E-state index is 9.82. The molecule has 1 aliphatic heterocycles. The van der Waals surface area contributed by atoms with Crippen LogP contribution in [0.5, 0.6) is 0 Å². The van der Waals surface area contributed by atoms with Crippen LogP contribution in [0.1, 0.15) is 43.5 Å². The number of piperidine rings is 1. The summed E-state index contributed by atoms with van der Waals surface area (Å²) in [5.41, 5.74) is 2.83. The molecule has 1 fully saturated rings. The molecule has 2 N–H and O–H groups in total. The van der Waals surface area contributed by atoms with Crippen molar-refractivity contribution in [2.75, 3.05) is 18.4 Å². The van der Waals surface area contributed by atoms with Crippen molar-refractivity contribution in [3.63, 3.8) is 0 Å². The number of hydrogen-bond acceptors (Lipinski definition) is 5. The van der Waals surface area contributed by atoms with Crippen LogP contribution >= 0.6 is 36.4 Å².